The van der Waals surface area contributed by atoms with E-state index >= 15 is 0 Å². The fourth-order valence-corrected chi connectivity index (χ4v) is 3.33. The maximum Gasteiger partial charge on any atom is 0.131 e. The molecule has 4 heteroatoms. The molecular formula is C17H24N4. The molecule has 0 saturated heterocycles. The highest BCUT2D eigenvalue weighted by atomic mass is 15.1. The Morgan fingerprint density at radius 3 is 2.76 bits per heavy atom. The Morgan fingerprint density at radius 1 is 1.29 bits per heavy atom. The van der Waals surface area contributed by atoms with E-state index < -0.39 is 0 Å². The summed E-state index contributed by atoms with van der Waals surface area (Å²) in [5.41, 5.74) is 8.32. The Kier molecular flexibility index (Phi) is 4.23. The molecule has 3 rings (SSSR count). The average Bonchev–Trinajstić information content (AvgIpc) is 2.87. The van der Waals surface area contributed by atoms with Gasteiger partial charge >= 0.3 is 0 Å². The molecular weight excluding hydrogens is 260 g/mol. The van der Waals surface area contributed by atoms with Crippen LogP contribution in [0.3, 0.4) is 0 Å². The first kappa shape index (κ1) is 14.1. The number of hydrogen-bond donors (Lipinski definition) is 1. The summed E-state index contributed by atoms with van der Waals surface area (Å²) in [5.74, 6) is 2.55. The molecule has 0 spiro atoms. The zero-order valence-corrected chi connectivity index (χ0v) is 12.8. The topological polar surface area (TPSA) is 56.7 Å². The Morgan fingerprint density at radius 2 is 2.10 bits per heavy atom. The summed E-state index contributed by atoms with van der Waals surface area (Å²) in [6, 6.07) is 3.97. The molecule has 4 nitrogen and oxygen atoms in total. The highest BCUT2D eigenvalue weighted by molar-refractivity contribution is 5.70. The van der Waals surface area contributed by atoms with Gasteiger partial charge in [-0.1, -0.05) is 26.2 Å². The van der Waals surface area contributed by atoms with Crippen LogP contribution >= 0.6 is 0 Å². The fraction of sp³-hybridized carbons (Fsp3) is 0.529. The van der Waals surface area contributed by atoms with Crippen molar-refractivity contribution in [2.45, 2.75) is 57.9 Å². The third-order valence-electron chi connectivity index (χ3n) is 4.39. The number of nitrogens with two attached hydrogens (primary N) is 1. The van der Waals surface area contributed by atoms with Crippen molar-refractivity contribution in [3.63, 3.8) is 0 Å². The van der Waals surface area contributed by atoms with Crippen LogP contribution in [0.4, 0.5) is 5.82 Å². The lowest BCUT2D eigenvalue weighted by Gasteiger charge is -2.22. The summed E-state index contributed by atoms with van der Waals surface area (Å²) in [6.45, 7) is 3.14. The largest absolute Gasteiger partial charge is 0.383 e. The van der Waals surface area contributed by atoms with Gasteiger partial charge in [-0.05, 0) is 31.4 Å². The summed E-state index contributed by atoms with van der Waals surface area (Å²) in [6.07, 6.45) is 11.2. The lowest BCUT2D eigenvalue weighted by molar-refractivity contribution is 0.415. The van der Waals surface area contributed by atoms with E-state index in [4.69, 9.17) is 10.7 Å². The highest BCUT2D eigenvalue weighted by Crippen LogP contribution is 2.36. The molecule has 0 unspecified atom stereocenters. The smallest absolute Gasteiger partial charge is 0.131 e. The lowest BCUT2D eigenvalue weighted by Crippen LogP contribution is -2.13. The van der Waals surface area contributed by atoms with Crippen molar-refractivity contribution in [3.8, 4) is 11.3 Å². The Bertz CT molecular complexity index is 582. The van der Waals surface area contributed by atoms with Gasteiger partial charge < -0.3 is 10.3 Å². The summed E-state index contributed by atoms with van der Waals surface area (Å²) >= 11 is 0. The Hall–Kier alpha value is -1.84. The second-order valence-corrected chi connectivity index (χ2v) is 5.93. The van der Waals surface area contributed by atoms with Crippen LogP contribution < -0.4 is 5.73 Å². The van der Waals surface area contributed by atoms with Crippen LogP contribution in [0, 0.1) is 0 Å². The second-order valence-electron chi connectivity index (χ2n) is 5.93. The van der Waals surface area contributed by atoms with Crippen LogP contribution in [0.15, 0.2) is 24.5 Å². The van der Waals surface area contributed by atoms with Gasteiger partial charge in [-0.3, -0.25) is 4.98 Å². The maximum atomic E-state index is 6.40. The van der Waals surface area contributed by atoms with E-state index in [9.17, 15) is 0 Å². The number of pyridine rings is 1. The molecule has 0 aliphatic heterocycles. The first-order chi connectivity index (χ1) is 10.3. The molecule has 0 radical (unpaired) electrons. The number of imidazole rings is 1. The van der Waals surface area contributed by atoms with Crippen molar-refractivity contribution < 1.29 is 0 Å². The van der Waals surface area contributed by atoms with Crippen molar-refractivity contribution >= 4 is 5.82 Å². The molecule has 0 amide bonds. The number of nitrogens with zero attached hydrogens (tertiary/aromatic N) is 3. The molecule has 0 aromatic carbocycles. The van der Waals surface area contributed by atoms with Crippen LogP contribution in [0.1, 0.15) is 57.2 Å². The summed E-state index contributed by atoms with van der Waals surface area (Å²) in [4.78, 5) is 9.12. The van der Waals surface area contributed by atoms with E-state index in [0.29, 0.717) is 5.92 Å². The van der Waals surface area contributed by atoms with Crippen molar-refractivity contribution in [1.82, 2.24) is 14.5 Å². The van der Waals surface area contributed by atoms with Gasteiger partial charge in [0.25, 0.3) is 0 Å². The van der Waals surface area contributed by atoms with Crippen LogP contribution in [-0.2, 0) is 6.54 Å². The second kappa shape index (κ2) is 6.29. The zero-order valence-electron chi connectivity index (χ0n) is 12.8. The predicted molar refractivity (Wildman–Crippen MR) is 86.0 cm³/mol. The molecule has 0 bridgehead atoms. The summed E-state index contributed by atoms with van der Waals surface area (Å²) in [7, 11) is 0. The first-order valence-electron chi connectivity index (χ1n) is 8.07. The van der Waals surface area contributed by atoms with Crippen LogP contribution in [0.5, 0.6) is 0 Å². The molecule has 2 aromatic heterocycles. The third-order valence-corrected chi connectivity index (χ3v) is 4.39. The average molecular weight is 284 g/mol. The van der Waals surface area contributed by atoms with Crippen LogP contribution in [0.2, 0.25) is 0 Å². The van der Waals surface area contributed by atoms with Crippen molar-refractivity contribution in [2.75, 3.05) is 5.73 Å². The summed E-state index contributed by atoms with van der Waals surface area (Å²) in [5, 5.41) is 0. The molecule has 1 saturated carbocycles. The maximum absolute atomic E-state index is 6.40. The predicted octanol–water partition coefficient (Wildman–Crippen LogP) is 3.99. The van der Waals surface area contributed by atoms with E-state index in [1.807, 2.05) is 18.3 Å². The van der Waals surface area contributed by atoms with Gasteiger partial charge in [0.05, 0.1) is 0 Å². The van der Waals surface area contributed by atoms with Crippen molar-refractivity contribution in [2.24, 2.45) is 0 Å². The summed E-state index contributed by atoms with van der Waals surface area (Å²) < 4.78 is 2.23. The normalized spacial score (nSPS) is 16.2. The van der Waals surface area contributed by atoms with E-state index in [-0.39, 0.29) is 0 Å². The molecule has 1 fully saturated rings. The Balaban J connectivity index is 2.02. The molecule has 1 aliphatic rings. The van der Waals surface area contributed by atoms with E-state index in [2.05, 4.69) is 16.5 Å². The molecule has 2 N–H and O–H groups in total. The number of anilines is 1. The molecule has 0 atom stereocenters. The van der Waals surface area contributed by atoms with Gasteiger partial charge in [-0.25, -0.2) is 4.98 Å². The molecule has 2 aromatic rings. The quantitative estimate of drug-likeness (QED) is 0.923. The van der Waals surface area contributed by atoms with Gasteiger partial charge in [-0.15, -0.1) is 0 Å². The lowest BCUT2D eigenvalue weighted by atomic mass is 9.88. The fourth-order valence-electron chi connectivity index (χ4n) is 3.33. The first-order valence-corrected chi connectivity index (χ1v) is 8.07. The number of hydrogen-bond acceptors (Lipinski definition) is 3. The van der Waals surface area contributed by atoms with Gasteiger partial charge in [0.15, 0.2) is 0 Å². The van der Waals surface area contributed by atoms with E-state index in [1.165, 1.54) is 37.9 Å². The molecule has 1 aliphatic carbocycles. The van der Waals surface area contributed by atoms with E-state index in [0.717, 1.165) is 30.0 Å². The number of aromatic nitrogens is 3. The molecule has 112 valence electrons. The van der Waals surface area contributed by atoms with E-state index in [1.54, 1.807) is 6.20 Å². The molecule has 2 heterocycles. The standard InChI is InChI=1S/C17H24N4/c1-2-11-21-16(18)15(14-9-6-10-19-12-14)20-17(21)13-7-4-3-5-8-13/h6,9-10,12-13H,2-5,7-8,11,18H2,1H3. The monoisotopic (exact) mass is 284 g/mol. The Labute approximate surface area is 126 Å². The minimum atomic E-state index is 0.568. The highest BCUT2D eigenvalue weighted by Gasteiger charge is 2.24. The number of rotatable bonds is 4. The van der Waals surface area contributed by atoms with Crippen molar-refractivity contribution in [3.05, 3.63) is 30.4 Å². The van der Waals surface area contributed by atoms with Crippen LogP contribution in [-0.4, -0.2) is 14.5 Å². The van der Waals surface area contributed by atoms with Crippen molar-refractivity contribution in [1.29, 1.82) is 0 Å². The van der Waals surface area contributed by atoms with Gasteiger partial charge in [-0.2, -0.15) is 0 Å². The van der Waals surface area contributed by atoms with Crippen LogP contribution in [0.25, 0.3) is 11.3 Å². The minimum Gasteiger partial charge on any atom is -0.383 e. The number of nitrogen functional groups attached to an aromatic ring is 1. The third kappa shape index (κ3) is 2.80. The SMILES string of the molecule is CCCn1c(C2CCCCC2)nc(-c2cccnc2)c1N. The van der Waals surface area contributed by atoms with Gasteiger partial charge in [0.1, 0.15) is 17.3 Å². The minimum absolute atomic E-state index is 0.568. The van der Waals surface area contributed by atoms with Gasteiger partial charge in [0, 0.05) is 30.4 Å². The zero-order chi connectivity index (χ0) is 14.7. The molecule has 21 heavy (non-hydrogen) atoms. The van der Waals surface area contributed by atoms with Gasteiger partial charge in [0.2, 0.25) is 0 Å².